The summed E-state index contributed by atoms with van der Waals surface area (Å²) in [5, 5.41) is 2.60. The van der Waals surface area contributed by atoms with Gasteiger partial charge in [-0.2, -0.15) is 0 Å². The zero-order chi connectivity index (χ0) is 15.6. The average molecular weight is 308 g/mol. The van der Waals surface area contributed by atoms with E-state index in [1.807, 2.05) is 19.0 Å². The Hall–Kier alpha value is -2.27. The fourth-order valence-corrected chi connectivity index (χ4v) is 2.06. The maximum Gasteiger partial charge on any atom is 0.255 e. The van der Waals surface area contributed by atoms with Crippen LogP contribution in [0.1, 0.15) is 10.4 Å². The van der Waals surface area contributed by atoms with Gasteiger partial charge in [0, 0.05) is 25.3 Å². The minimum atomic E-state index is -0.533. The quantitative estimate of drug-likeness (QED) is 0.855. The van der Waals surface area contributed by atoms with Crippen LogP contribution in [0.5, 0.6) is 0 Å². The van der Waals surface area contributed by atoms with E-state index in [-0.39, 0.29) is 10.9 Å². The zero-order valence-corrected chi connectivity index (χ0v) is 12.4. The lowest BCUT2D eigenvalue weighted by Gasteiger charge is -2.16. The van der Waals surface area contributed by atoms with E-state index in [9.17, 15) is 9.18 Å². The van der Waals surface area contributed by atoms with Crippen LogP contribution in [-0.2, 0) is 0 Å². The van der Waals surface area contributed by atoms with E-state index >= 15 is 0 Å². The molecular weight excluding hydrogens is 293 g/mol. The highest BCUT2D eigenvalue weighted by Crippen LogP contribution is 2.24. The molecule has 0 radical (unpaired) electrons. The van der Waals surface area contributed by atoms with E-state index in [1.165, 1.54) is 18.2 Å². The predicted octanol–water partition coefficient (Wildman–Crippen LogP) is 3.38. The van der Waals surface area contributed by atoms with Gasteiger partial charge in [0.2, 0.25) is 0 Å². The summed E-state index contributed by atoms with van der Waals surface area (Å²) in [6.07, 6.45) is 0. The molecule has 0 spiro atoms. The van der Waals surface area contributed by atoms with Crippen molar-refractivity contribution < 1.29 is 9.18 Å². The number of halogens is 2. The van der Waals surface area contributed by atoms with Gasteiger partial charge in [-0.25, -0.2) is 4.39 Å². The standard InChI is InChI=1S/C15H15ClFN3O/c1-20(2)14-6-3-9(7-13(14)18)15(21)19-10-4-5-12(17)11(16)8-10/h3-8H,18H2,1-2H3,(H,19,21). The Morgan fingerprint density at radius 2 is 1.95 bits per heavy atom. The molecule has 0 aromatic heterocycles. The number of rotatable bonds is 3. The number of benzene rings is 2. The first kappa shape index (κ1) is 15.1. The van der Waals surface area contributed by atoms with Gasteiger partial charge in [-0.05, 0) is 36.4 Å². The Labute approximate surface area is 127 Å². The van der Waals surface area contributed by atoms with Crippen molar-refractivity contribution >= 4 is 34.6 Å². The average Bonchev–Trinajstić information content (AvgIpc) is 2.42. The van der Waals surface area contributed by atoms with Crippen molar-refractivity contribution in [2.75, 3.05) is 30.0 Å². The van der Waals surface area contributed by atoms with Crippen molar-refractivity contribution in [2.45, 2.75) is 0 Å². The third kappa shape index (κ3) is 3.44. The van der Waals surface area contributed by atoms with Gasteiger partial charge in [0.05, 0.1) is 16.4 Å². The summed E-state index contributed by atoms with van der Waals surface area (Å²) in [5.41, 5.74) is 8.07. The fraction of sp³-hybridized carbons (Fsp3) is 0.133. The zero-order valence-electron chi connectivity index (χ0n) is 11.7. The summed E-state index contributed by atoms with van der Waals surface area (Å²) in [7, 11) is 3.73. The molecule has 0 unspecified atom stereocenters. The first-order valence-electron chi connectivity index (χ1n) is 6.21. The minimum absolute atomic E-state index is 0.0460. The molecule has 0 saturated heterocycles. The van der Waals surface area contributed by atoms with Crippen molar-refractivity contribution in [3.8, 4) is 0 Å². The number of hydrogen-bond acceptors (Lipinski definition) is 3. The first-order chi connectivity index (χ1) is 9.88. The largest absolute Gasteiger partial charge is 0.397 e. The van der Waals surface area contributed by atoms with Crippen LogP contribution in [-0.4, -0.2) is 20.0 Å². The molecule has 1 amide bonds. The summed E-state index contributed by atoms with van der Waals surface area (Å²) < 4.78 is 13.1. The van der Waals surface area contributed by atoms with Crippen LogP contribution in [0.25, 0.3) is 0 Å². The SMILES string of the molecule is CN(C)c1ccc(C(=O)Nc2ccc(F)c(Cl)c2)cc1N. The second-order valence-electron chi connectivity index (χ2n) is 4.75. The number of hydrogen-bond donors (Lipinski definition) is 2. The number of amides is 1. The number of nitrogens with one attached hydrogen (secondary N) is 1. The molecule has 0 aliphatic rings. The molecule has 0 aliphatic heterocycles. The van der Waals surface area contributed by atoms with E-state index in [1.54, 1.807) is 18.2 Å². The maximum atomic E-state index is 13.1. The van der Waals surface area contributed by atoms with Crippen molar-refractivity contribution in [3.63, 3.8) is 0 Å². The van der Waals surface area contributed by atoms with E-state index < -0.39 is 5.82 Å². The van der Waals surface area contributed by atoms with Crippen LogP contribution in [0, 0.1) is 5.82 Å². The molecule has 0 atom stereocenters. The molecule has 3 N–H and O–H groups in total. The predicted molar refractivity (Wildman–Crippen MR) is 84.5 cm³/mol. The summed E-state index contributed by atoms with van der Waals surface area (Å²) in [6.45, 7) is 0. The lowest BCUT2D eigenvalue weighted by atomic mass is 10.1. The van der Waals surface area contributed by atoms with Gasteiger partial charge >= 0.3 is 0 Å². The number of carbonyl (C=O) groups excluding carboxylic acids is 1. The van der Waals surface area contributed by atoms with Gasteiger partial charge in [-0.1, -0.05) is 11.6 Å². The Morgan fingerprint density at radius 1 is 1.24 bits per heavy atom. The minimum Gasteiger partial charge on any atom is -0.397 e. The number of nitrogens with two attached hydrogens (primary N) is 1. The van der Waals surface area contributed by atoms with Gasteiger partial charge in [0.1, 0.15) is 5.82 Å². The Balaban J connectivity index is 2.20. The Bertz CT molecular complexity index is 689. The normalized spacial score (nSPS) is 10.3. The van der Waals surface area contributed by atoms with Crippen LogP contribution in [0.2, 0.25) is 5.02 Å². The molecule has 2 aromatic rings. The molecule has 21 heavy (non-hydrogen) atoms. The van der Waals surface area contributed by atoms with Crippen LogP contribution in [0.15, 0.2) is 36.4 Å². The summed E-state index contributed by atoms with van der Waals surface area (Å²) >= 11 is 5.67. The number of anilines is 3. The highest BCUT2D eigenvalue weighted by atomic mass is 35.5. The molecular formula is C15H15ClFN3O. The molecule has 0 heterocycles. The van der Waals surface area contributed by atoms with Crippen molar-refractivity contribution in [1.82, 2.24) is 0 Å². The Kier molecular flexibility index (Phi) is 4.33. The van der Waals surface area contributed by atoms with Gasteiger partial charge in [-0.3, -0.25) is 4.79 Å². The summed E-state index contributed by atoms with van der Waals surface area (Å²) in [6, 6.07) is 9.02. The Morgan fingerprint density at radius 3 is 2.52 bits per heavy atom. The number of carbonyl (C=O) groups is 1. The summed E-state index contributed by atoms with van der Waals surface area (Å²) in [5.74, 6) is -0.871. The third-order valence-electron chi connectivity index (χ3n) is 2.95. The monoisotopic (exact) mass is 307 g/mol. The van der Waals surface area contributed by atoms with Crippen LogP contribution in [0.4, 0.5) is 21.5 Å². The third-order valence-corrected chi connectivity index (χ3v) is 3.24. The number of nitrogen functional groups attached to an aromatic ring is 1. The molecule has 0 saturated carbocycles. The second kappa shape index (κ2) is 6.01. The first-order valence-corrected chi connectivity index (χ1v) is 6.59. The lowest BCUT2D eigenvalue weighted by molar-refractivity contribution is 0.102. The fourth-order valence-electron chi connectivity index (χ4n) is 1.88. The van der Waals surface area contributed by atoms with Crippen molar-refractivity contribution in [3.05, 3.63) is 52.8 Å². The molecule has 0 aliphatic carbocycles. The van der Waals surface area contributed by atoms with E-state index in [0.29, 0.717) is 16.9 Å². The van der Waals surface area contributed by atoms with Gasteiger partial charge < -0.3 is 16.0 Å². The molecule has 0 fully saturated rings. The molecule has 2 rings (SSSR count). The van der Waals surface area contributed by atoms with Crippen LogP contribution >= 0.6 is 11.6 Å². The van der Waals surface area contributed by atoms with E-state index in [2.05, 4.69) is 5.32 Å². The molecule has 4 nitrogen and oxygen atoms in total. The topological polar surface area (TPSA) is 58.4 Å². The number of nitrogens with zero attached hydrogens (tertiary/aromatic N) is 1. The van der Waals surface area contributed by atoms with Crippen molar-refractivity contribution in [1.29, 1.82) is 0 Å². The van der Waals surface area contributed by atoms with E-state index in [0.717, 1.165) is 5.69 Å². The lowest BCUT2D eigenvalue weighted by Crippen LogP contribution is -2.15. The smallest absolute Gasteiger partial charge is 0.255 e. The molecule has 6 heteroatoms. The molecule has 0 bridgehead atoms. The molecule has 110 valence electrons. The highest BCUT2D eigenvalue weighted by Gasteiger charge is 2.10. The molecule has 2 aromatic carbocycles. The van der Waals surface area contributed by atoms with E-state index in [4.69, 9.17) is 17.3 Å². The van der Waals surface area contributed by atoms with Gasteiger partial charge in [0.25, 0.3) is 5.91 Å². The van der Waals surface area contributed by atoms with Crippen molar-refractivity contribution in [2.24, 2.45) is 0 Å². The summed E-state index contributed by atoms with van der Waals surface area (Å²) in [4.78, 5) is 14.0. The van der Waals surface area contributed by atoms with Gasteiger partial charge in [0.15, 0.2) is 0 Å². The van der Waals surface area contributed by atoms with Crippen LogP contribution < -0.4 is 16.0 Å². The second-order valence-corrected chi connectivity index (χ2v) is 5.16. The highest BCUT2D eigenvalue weighted by molar-refractivity contribution is 6.31. The van der Waals surface area contributed by atoms with Crippen LogP contribution in [0.3, 0.4) is 0 Å². The van der Waals surface area contributed by atoms with Gasteiger partial charge in [-0.15, -0.1) is 0 Å². The maximum absolute atomic E-state index is 13.1.